The van der Waals surface area contributed by atoms with E-state index in [-0.39, 0.29) is 24.0 Å². The van der Waals surface area contributed by atoms with E-state index < -0.39 is 0 Å². The third kappa shape index (κ3) is 6.14. The first-order valence-corrected chi connectivity index (χ1v) is 8.24. The molecule has 2 rings (SSSR count). The summed E-state index contributed by atoms with van der Waals surface area (Å²) in [5.41, 5.74) is 0. The van der Waals surface area contributed by atoms with Crippen molar-refractivity contribution in [2.45, 2.75) is 65.6 Å². The molecule has 6 heteroatoms. The van der Waals surface area contributed by atoms with Gasteiger partial charge in [-0.05, 0) is 25.7 Å². The van der Waals surface area contributed by atoms with Crippen LogP contribution in [0.15, 0.2) is 17.4 Å². The molecule has 0 unspecified atom stereocenters. The lowest BCUT2D eigenvalue weighted by Crippen LogP contribution is -2.42. The number of aromatic nitrogens is 2. The number of aliphatic imine (C=N–C) groups is 1. The molecule has 1 heterocycles. The molecular weight excluding hydrogens is 389 g/mol. The summed E-state index contributed by atoms with van der Waals surface area (Å²) in [6.07, 6.45) is 9.08. The number of guanidine groups is 1. The Balaban J connectivity index is 0.00000242. The largest absolute Gasteiger partial charge is 0.357 e. The molecule has 1 saturated carbocycles. The maximum atomic E-state index is 4.70. The number of rotatable bonds is 6. The van der Waals surface area contributed by atoms with Crippen LogP contribution in [0.1, 0.15) is 52.3 Å². The normalized spacial score (nSPS) is 15.9. The Kier molecular flexibility index (Phi) is 8.82. The number of imidazole rings is 1. The molecule has 1 aromatic rings. The zero-order valence-corrected chi connectivity index (χ0v) is 16.3. The molecule has 22 heavy (non-hydrogen) atoms. The third-order valence-corrected chi connectivity index (χ3v) is 3.78. The minimum absolute atomic E-state index is 0. The molecule has 0 bridgehead atoms. The second kappa shape index (κ2) is 10.1. The molecule has 1 aliphatic carbocycles. The smallest absolute Gasteiger partial charge is 0.191 e. The van der Waals surface area contributed by atoms with Crippen LogP contribution in [0.3, 0.4) is 0 Å². The molecule has 0 aliphatic heterocycles. The average molecular weight is 419 g/mol. The average Bonchev–Trinajstić information content (AvgIpc) is 3.07. The molecule has 0 atom stereocenters. The molecule has 0 amide bonds. The van der Waals surface area contributed by atoms with Gasteiger partial charge in [0.05, 0.1) is 0 Å². The Morgan fingerprint density at radius 2 is 2.14 bits per heavy atom. The number of nitrogens with one attached hydrogen (secondary N) is 2. The van der Waals surface area contributed by atoms with Gasteiger partial charge in [-0.15, -0.1) is 24.0 Å². The van der Waals surface area contributed by atoms with Crippen LogP contribution in [-0.2, 0) is 13.1 Å². The second-order valence-electron chi connectivity index (χ2n) is 6.21. The quantitative estimate of drug-likeness (QED) is 0.423. The van der Waals surface area contributed by atoms with Crippen LogP contribution in [0.25, 0.3) is 0 Å². The van der Waals surface area contributed by atoms with E-state index in [4.69, 9.17) is 4.99 Å². The summed E-state index contributed by atoms with van der Waals surface area (Å²) < 4.78 is 2.20. The predicted octanol–water partition coefficient (Wildman–Crippen LogP) is 3.15. The van der Waals surface area contributed by atoms with Gasteiger partial charge in [0.25, 0.3) is 0 Å². The van der Waals surface area contributed by atoms with Crippen LogP contribution in [-0.4, -0.2) is 28.1 Å². The Morgan fingerprint density at radius 3 is 2.77 bits per heavy atom. The SMILES string of the molecule is CCNC(=NCc1nccn1CC(C)C)NC1CCCC1.I. The summed E-state index contributed by atoms with van der Waals surface area (Å²) in [5.74, 6) is 2.57. The maximum absolute atomic E-state index is 4.70. The number of halogens is 1. The van der Waals surface area contributed by atoms with Crippen molar-refractivity contribution in [3.8, 4) is 0 Å². The van der Waals surface area contributed by atoms with Gasteiger partial charge in [-0.25, -0.2) is 9.98 Å². The number of hydrogen-bond acceptors (Lipinski definition) is 2. The van der Waals surface area contributed by atoms with Gasteiger partial charge in [0.2, 0.25) is 0 Å². The van der Waals surface area contributed by atoms with Gasteiger partial charge in [0.1, 0.15) is 12.4 Å². The zero-order valence-electron chi connectivity index (χ0n) is 14.0. The van der Waals surface area contributed by atoms with E-state index in [1.54, 1.807) is 0 Å². The van der Waals surface area contributed by atoms with Gasteiger partial charge in [0, 0.05) is 31.5 Å². The van der Waals surface area contributed by atoms with Crippen LogP contribution in [0.4, 0.5) is 0 Å². The fourth-order valence-electron chi connectivity index (χ4n) is 2.78. The Bertz CT molecular complexity index is 449. The highest BCUT2D eigenvalue weighted by Crippen LogP contribution is 2.17. The monoisotopic (exact) mass is 419 g/mol. The Morgan fingerprint density at radius 1 is 1.41 bits per heavy atom. The molecule has 1 aliphatic rings. The van der Waals surface area contributed by atoms with Crippen LogP contribution < -0.4 is 10.6 Å². The Labute approximate surface area is 151 Å². The minimum Gasteiger partial charge on any atom is -0.357 e. The molecule has 126 valence electrons. The lowest BCUT2D eigenvalue weighted by molar-refractivity contribution is 0.507. The van der Waals surface area contributed by atoms with E-state index in [1.165, 1.54) is 25.7 Å². The number of nitrogens with zero attached hydrogens (tertiary/aromatic N) is 3. The molecule has 0 radical (unpaired) electrons. The van der Waals surface area contributed by atoms with Crippen molar-refractivity contribution >= 4 is 29.9 Å². The van der Waals surface area contributed by atoms with Crippen molar-refractivity contribution in [2.24, 2.45) is 10.9 Å². The summed E-state index contributed by atoms with van der Waals surface area (Å²) in [4.78, 5) is 9.13. The number of hydrogen-bond donors (Lipinski definition) is 2. The van der Waals surface area contributed by atoms with Crippen molar-refractivity contribution in [1.29, 1.82) is 0 Å². The molecule has 0 saturated heterocycles. The van der Waals surface area contributed by atoms with Crippen molar-refractivity contribution in [3.05, 3.63) is 18.2 Å². The van der Waals surface area contributed by atoms with E-state index in [1.807, 2.05) is 12.4 Å². The van der Waals surface area contributed by atoms with Crippen LogP contribution in [0.5, 0.6) is 0 Å². The first-order valence-electron chi connectivity index (χ1n) is 8.24. The van der Waals surface area contributed by atoms with Crippen molar-refractivity contribution in [3.63, 3.8) is 0 Å². The summed E-state index contributed by atoms with van der Waals surface area (Å²) in [7, 11) is 0. The second-order valence-corrected chi connectivity index (χ2v) is 6.21. The van der Waals surface area contributed by atoms with Gasteiger partial charge >= 0.3 is 0 Å². The molecule has 0 spiro atoms. The molecule has 1 fully saturated rings. The first-order chi connectivity index (χ1) is 10.2. The summed E-state index contributed by atoms with van der Waals surface area (Å²) >= 11 is 0. The van der Waals surface area contributed by atoms with E-state index in [2.05, 4.69) is 41.0 Å². The van der Waals surface area contributed by atoms with Gasteiger partial charge < -0.3 is 15.2 Å². The molecule has 1 aromatic heterocycles. The van der Waals surface area contributed by atoms with Gasteiger partial charge in [0.15, 0.2) is 5.96 Å². The lowest BCUT2D eigenvalue weighted by atomic mass is 10.2. The zero-order chi connectivity index (χ0) is 15.1. The highest BCUT2D eigenvalue weighted by atomic mass is 127. The summed E-state index contributed by atoms with van der Waals surface area (Å²) in [6, 6.07) is 0.582. The third-order valence-electron chi connectivity index (χ3n) is 3.78. The van der Waals surface area contributed by atoms with Crippen LogP contribution >= 0.6 is 24.0 Å². The standard InChI is InChI=1S/C16H29N5.HI/c1-4-17-16(20-14-7-5-6-8-14)19-11-15-18-9-10-21(15)12-13(2)3;/h9-10,13-14H,4-8,11-12H2,1-3H3,(H2,17,19,20);1H. The van der Waals surface area contributed by atoms with Crippen LogP contribution in [0.2, 0.25) is 0 Å². The van der Waals surface area contributed by atoms with E-state index in [0.29, 0.717) is 18.5 Å². The maximum Gasteiger partial charge on any atom is 0.191 e. The highest BCUT2D eigenvalue weighted by molar-refractivity contribution is 14.0. The van der Waals surface area contributed by atoms with Gasteiger partial charge in [-0.1, -0.05) is 26.7 Å². The topological polar surface area (TPSA) is 54.2 Å². The fourth-order valence-corrected chi connectivity index (χ4v) is 2.78. The van der Waals surface area contributed by atoms with Gasteiger partial charge in [-0.2, -0.15) is 0 Å². The van der Waals surface area contributed by atoms with Crippen molar-refractivity contribution in [2.75, 3.05) is 6.54 Å². The fraction of sp³-hybridized carbons (Fsp3) is 0.750. The van der Waals surface area contributed by atoms with Crippen LogP contribution in [0, 0.1) is 5.92 Å². The minimum atomic E-state index is 0. The van der Waals surface area contributed by atoms with E-state index >= 15 is 0 Å². The Hall–Kier alpha value is -0.790. The first kappa shape index (κ1) is 19.3. The van der Waals surface area contributed by atoms with E-state index in [0.717, 1.165) is 24.9 Å². The predicted molar refractivity (Wildman–Crippen MR) is 103 cm³/mol. The lowest BCUT2D eigenvalue weighted by Gasteiger charge is -2.16. The molecule has 5 nitrogen and oxygen atoms in total. The van der Waals surface area contributed by atoms with Crippen molar-refractivity contribution < 1.29 is 0 Å². The summed E-state index contributed by atoms with van der Waals surface area (Å²) in [6.45, 7) is 9.06. The molecule has 0 aromatic carbocycles. The molecule has 2 N–H and O–H groups in total. The van der Waals surface area contributed by atoms with Crippen molar-refractivity contribution in [1.82, 2.24) is 20.2 Å². The molecular formula is C16H30IN5. The van der Waals surface area contributed by atoms with E-state index in [9.17, 15) is 0 Å². The summed E-state index contributed by atoms with van der Waals surface area (Å²) in [5, 5.41) is 6.88. The van der Waals surface area contributed by atoms with Gasteiger partial charge in [-0.3, -0.25) is 0 Å². The highest BCUT2D eigenvalue weighted by Gasteiger charge is 2.16.